The topological polar surface area (TPSA) is 50.1 Å². The first-order valence-electron chi connectivity index (χ1n) is 9.11. The van der Waals surface area contributed by atoms with E-state index in [1.807, 2.05) is 35.0 Å². The maximum absolute atomic E-state index is 4.23. The Morgan fingerprint density at radius 1 is 0.846 bits per heavy atom. The van der Waals surface area contributed by atoms with Crippen molar-refractivity contribution in [2.24, 2.45) is 0 Å². The fourth-order valence-electron chi connectivity index (χ4n) is 3.45. The van der Waals surface area contributed by atoms with Crippen molar-refractivity contribution in [1.82, 2.24) is 30.0 Å². The molecule has 4 rings (SSSR count). The molecule has 1 saturated heterocycles. The first kappa shape index (κ1) is 16.9. The van der Waals surface area contributed by atoms with Crippen LogP contribution in [0, 0.1) is 6.92 Å². The summed E-state index contributed by atoms with van der Waals surface area (Å²) in [5.74, 6) is 0.892. The highest BCUT2D eigenvalue weighted by Crippen LogP contribution is 2.13. The molecule has 2 heterocycles. The summed E-state index contributed by atoms with van der Waals surface area (Å²) in [5, 5.41) is 12.2. The molecule has 0 unspecified atom stereocenters. The summed E-state index contributed by atoms with van der Waals surface area (Å²) < 4.78 is 1.83. The van der Waals surface area contributed by atoms with E-state index in [1.165, 1.54) is 11.1 Å². The van der Waals surface area contributed by atoms with Crippen LogP contribution in [0.25, 0.3) is 5.69 Å². The van der Waals surface area contributed by atoms with Gasteiger partial charge in [-0.15, -0.1) is 5.10 Å². The van der Waals surface area contributed by atoms with Crippen LogP contribution >= 0.6 is 0 Å². The third-order valence-electron chi connectivity index (χ3n) is 4.85. The Balaban J connectivity index is 1.34. The summed E-state index contributed by atoms with van der Waals surface area (Å²) in [4.78, 5) is 4.95. The van der Waals surface area contributed by atoms with E-state index in [0.29, 0.717) is 0 Å². The minimum absolute atomic E-state index is 0.778. The van der Waals surface area contributed by atoms with Crippen LogP contribution in [0.4, 0.5) is 0 Å². The lowest BCUT2D eigenvalue weighted by Gasteiger charge is -2.34. The molecule has 1 aliphatic heterocycles. The molecule has 1 aliphatic rings. The Kier molecular flexibility index (Phi) is 5.04. The van der Waals surface area contributed by atoms with Crippen molar-refractivity contribution in [3.63, 3.8) is 0 Å². The highest BCUT2D eigenvalue weighted by molar-refractivity contribution is 5.30. The number of benzene rings is 2. The third kappa shape index (κ3) is 3.98. The average molecular weight is 348 g/mol. The molecule has 2 aromatic carbocycles. The zero-order valence-corrected chi connectivity index (χ0v) is 15.1. The Bertz CT molecular complexity index is 836. The average Bonchev–Trinajstić information content (AvgIpc) is 3.12. The lowest BCUT2D eigenvalue weighted by Crippen LogP contribution is -2.45. The normalized spacial score (nSPS) is 16.0. The zero-order valence-electron chi connectivity index (χ0n) is 15.1. The van der Waals surface area contributed by atoms with Gasteiger partial charge in [0.15, 0.2) is 5.82 Å². The van der Waals surface area contributed by atoms with Gasteiger partial charge in [0.25, 0.3) is 0 Å². The van der Waals surface area contributed by atoms with Crippen molar-refractivity contribution in [2.45, 2.75) is 20.0 Å². The molecular formula is C20H24N6. The number of tetrazole rings is 1. The smallest absolute Gasteiger partial charge is 0.170 e. The number of aryl methyl sites for hydroxylation is 1. The molecule has 0 atom stereocenters. The van der Waals surface area contributed by atoms with Gasteiger partial charge in [-0.2, -0.15) is 4.68 Å². The van der Waals surface area contributed by atoms with E-state index in [1.54, 1.807) is 0 Å². The van der Waals surface area contributed by atoms with Crippen LogP contribution in [0.15, 0.2) is 54.6 Å². The molecule has 6 nitrogen and oxygen atoms in total. The molecule has 0 amide bonds. The van der Waals surface area contributed by atoms with E-state index in [0.717, 1.165) is 50.8 Å². The van der Waals surface area contributed by atoms with Crippen LogP contribution in [-0.2, 0) is 13.1 Å². The number of hydrogen-bond acceptors (Lipinski definition) is 5. The molecule has 0 radical (unpaired) electrons. The van der Waals surface area contributed by atoms with E-state index in [4.69, 9.17) is 0 Å². The van der Waals surface area contributed by atoms with Crippen LogP contribution in [0.1, 0.15) is 17.0 Å². The largest absolute Gasteiger partial charge is 0.297 e. The molecule has 26 heavy (non-hydrogen) atoms. The number of rotatable bonds is 5. The number of nitrogens with zero attached hydrogens (tertiary/aromatic N) is 6. The second-order valence-electron chi connectivity index (χ2n) is 6.88. The van der Waals surface area contributed by atoms with Gasteiger partial charge in [0.1, 0.15) is 0 Å². The van der Waals surface area contributed by atoms with Gasteiger partial charge < -0.3 is 0 Å². The molecule has 0 spiro atoms. The standard InChI is InChI=1S/C20H24N6/c1-17-6-5-7-18(14-17)15-24-10-12-25(13-11-24)16-20-21-22-23-26(20)19-8-3-2-4-9-19/h2-9,14H,10-13,15-16H2,1H3. The Hall–Kier alpha value is -2.57. The first-order chi connectivity index (χ1) is 12.8. The summed E-state index contributed by atoms with van der Waals surface area (Å²) in [6.45, 7) is 8.17. The van der Waals surface area contributed by atoms with Crippen LogP contribution in [0.3, 0.4) is 0 Å². The molecular weight excluding hydrogens is 324 g/mol. The number of para-hydroxylation sites is 1. The van der Waals surface area contributed by atoms with Crippen molar-refractivity contribution in [3.8, 4) is 5.69 Å². The molecule has 134 valence electrons. The van der Waals surface area contributed by atoms with Gasteiger partial charge in [0, 0.05) is 32.7 Å². The van der Waals surface area contributed by atoms with Crippen LogP contribution in [0.5, 0.6) is 0 Å². The van der Waals surface area contributed by atoms with Gasteiger partial charge in [-0.25, -0.2) is 0 Å². The minimum atomic E-state index is 0.778. The lowest BCUT2D eigenvalue weighted by molar-refractivity contribution is 0.119. The van der Waals surface area contributed by atoms with E-state index < -0.39 is 0 Å². The molecule has 0 bridgehead atoms. The van der Waals surface area contributed by atoms with Crippen molar-refractivity contribution >= 4 is 0 Å². The molecule has 1 aromatic heterocycles. The maximum Gasteiger partial charge on any atom is 0.170 e. The quantitative estimate of drug-likeness (QED) is 0.708. The minimum Gasteiger partial charge on any atom is -0.297 e. The van der Waals surface area contributed by atoms with Gasteiger partial charge >= 0.3 is 0 Å². The highest BCUT2D eigenvalue weighted by Gasteiger charge is 2.19. The van der Waals surface area contributed by atoms with Gasteiger partial charge in [-0.05, 0) is 35.0 Å². The van der Waals surface area contributed by atoms with Gasteiger partial charge in [-0.1, -0.05) is 48.0 Å². The summed E-state index contributed by atoms with van der Waals surface area (Å²) in [7, 11) is 0. The van der Waals surface area contributed by atoms with Crippen LogP contribution < -0.4 is 0 Å². The summed E-state index contributed by atoms with van der Waals surface area (Å²) >= 11 is 0. The van der Waals surface area contributed by atoms with E-state index in [-0.39, 0.29) is 0 Å². The predicted octanol–water partition coefficient (Wildman–Crippen LogP) is 2.29. The number of hydrogen-bond donors (Lipinski definition) is 0. The van der Waals surface area contributed by atoms with Gasteiger partial charge in [0.2, 0.25) is 0 Å². The van der Waals surface area contributed by atoms with E-state index >= 15 is 0 Å². The predicted molar refractivity (Wildman–Crippen MR) is 101 cm³/mol. The summed E-state index contributed by atoms with van der Waals surface area (Å²) in [6, 6.07) is 18.9. The van der Waals surface area contributed by atoms with Gasteiger partial charge in [0.05, 0.1) is 12.2 Å². The van der Waals surface area contributed by atoms with Crippen LogP contribution in [-0.4, -0.2) is 56.2 Å². The Morgan fingerprint density at radius 2 is 1.58 bits per heavy atom. The first-order valence-corrected chi connectivity index (χ1v) is 9.11. The molecule has 0 saturated carbocycles. The summed E-state index contributed by atoms with van der Waals surface area (Å²) in [6.07, 6.45) is 0. The van der Waals surface area contributed by atoms with Crippen molar-refractivity contribution in [3.05, 3.63) is 71.5 Å². The molecule has 3 aromatic rings. The SMILES string of the molecule is Cc1cccc(CN2CCN(Cc3nnnn3-c3ccccc3)CC2)c1. The Labute approximate surface area is 154 Å². The number of piperazine rings is 1. The fourth-order valence-corrected chi connectivity index (χ4v) is 3.45. The highest BCUT2D eigenvalue weighted by atomic mass is 15.5. The molecule has 1 fully saturated rings. The second kappa shape index (κ2) is 7.76. The van der Waals surface area contributed by atoms with Crippen molar-refractivity contribution in [2.75, 3.05) is 26.2 Å². The second-order valence-corrected chi connectivity index (χ2v) is 6.88. The third-order valence-corrected chi connectivity index (χ3v) is 4.85. The number of aromatic nitrogens is 4. The van der Waals surface area contributed by atoms with E-state index in [2.05, 4.69) is 56.5 Å². The molecule has 0 aliphatic carbocycles. The maximum atomic E-state index is 4.23. The fraction of sp³-hybridized carbons (Fsp3) is 0.350. The van der Waals surface area contributed by atoms with Crippen molar-refractivity contribution in [1.29, 1.82) is 0 Å². The lowest BCUT2D eigenvalue weighted by atomic mass is 10.1. The van der Waals surface area contributed by atoms with Crippen molar-refractivity contribution < 1.29 is 0 Å². The Morgan fingerprint density at radius 3 is 2.31 bits per heavy atom. The van der Waals surface area contributed by atoms with Gasteiger partial charge in [-0.3, -0.25) is 9.80 Å². The molecule has 0 N–H and O–H groups in total. The summed E-state index contributed by atoms with van der Waals surface area (Å²) in [5.41, 5.74) is 3.73. The monoisotopic (exact) mass is 348 g/mol. The van der Waals surface area contributed by atoms with E-state index in [9.17, 15) is 0 Å². The zero-order chi connectivity index (χ0) is 17.8. The van der Waals surface area contributed by atoms with Crippen LogP contribution in [0.2, 0.25) is 0 Å². The molecule has 6 heteroatoms.